The number of benzene rings is 1. The molecule has 3 rings (SSSR count). The third kappa shape index (κ3) is 5.67. The van der Waals surface area contributed by atoms with E-state index in [2.05, 4.69) is 36.8 Å². The largest absolute Gasteiger partial charge is 0.376 e. The van der Waals surface area contributed by atoms with Crippen LogP contribution in [0.15, 0.2) is 33.1 Å². The van der Waals surface area contributed by atoms with Gasteiger partial charge in [-0.15, -0.1) is 10.2 Å². The molecule has 134 valence electrons. The number of halogens is 1. The van der Waals surface area contributed by atoms with Crippen LogP contribution in [0, 0.1) is 0 Å². The number of hydrogen-bond acceptors (Lipinski definition) is 7. The molecule has 0 aliphatic carbocycles. The zero-order valence-electron chi connectivity index (χ0n) is 13.7. The maximum absolute atomic E-state index is 12.3. The van der Waals surface area contributed by atoms with Gasteiger partial charge in [0.15, 0.2) is 4.34 Å². The van der Waals surface area contributed by atoms with Crippen molar-refractivity contribution in [3.63, 3.8) is 0 Å². The Kier molecular flexibility index (Phi) is 6.69. The molecule has 9 heteroatoms. The summed E-state index contributed by atoms with van der Waals surface area (Å²) in [5.41, 5.74) is 0.775. The van der Waals surface area contributed by atoms with Gasteiger partial charge < -0.3 is 15.4 Å². The van der Waals surface area contributed by atoms with E-state index in [1.54, 1.807) is 0 Å². The summed E-state index contributed by atoms with van der Waals surface area (Å²) in [5, 5.41) is 14.9. The summed E-state index contributed by atoms with van der Waals surface area (Å²) in [6.07, 6.45) is 2.46. The van der Waals surface area contributed by atoms with Gasteiger partial charge >= 0.3 is 0 Å². The predicted molar refractivity (Wildman–Crippen MR) is 105 cm³/mol. The molecule has 1 amide bonds. The molecule has 1 aliphatic rings. The Hall–Kier alpha value is -1.16. The molecule has 25 heavy (non-hydrogen) atoms. The second-order valence-electron chi connectivity index (χ2n) is 5.65. The third-order valence-electron chi connectivity index (χ3n) is 3.67. The van der Waals surface area contributed by atoms with Crippen LogP contribution in [-0.4, -0.2) is 40.6 Å². The molecule has 1 saturated heterocycles. The maximum Gasteiger partial charge on any atom is 0.237 e. The highest BCUT2D eigenvalue weighted by molar-refractivity contribution is 9.10. The second kappa shape index (κ2) is 8.98. The molecule has 2 aromatic rings. The highest BCUT2D eigenvalue weighted by Crippen LogP contribution is 2.29. The lowest BCUT2D eigenvalue weighted by Gasteiger charge is -2.10. The van der Waals surface area contributed by atoms with E-state index < -0.39 is 0 Å². The number of aromatic nitrogens is 2. The van der Waals surface area contributed by atoms with E-state index in [-0.39, 0.29) is 17.3 Å². The van der Waals surface area contributed by atoms with Gasteiger partial charge in [-0.3, -0.25) is 4.79 Å². The van der Waals surface area contributed by atoms with Gasteiger partial charge in [0.2, 0.25) is 11.0 Å². The Morgan fingerprint density at radius 2 is 2.24 bits per heavy atom. The van der Waals surface area contributed by atoms with Gasteiger partial charge in [0.05, 0.1) is 11.4 Å². The van der Waals surface area contributed by atoms with Crippen molar-refractivity contribution >= 4 is 55.8 Å². The summed E-state index contributed by atoms with van der Waals surface area (Å²) in [6.45, 7) is 3.45. The molecule has 6 nitrogen and oxygen atoms in total. The highest BCUT2D eigenvalue weighted by atomic mass is 79.9. The highest BCUT2D eigenvalue weighted by Gasteiger charge is 2.19. The fraction of sp³-hybridized carbons (Fsp3) is 0.438. The molecular formula is C16H19BrN4O2S2. The predicted octanol–water partition coefficient (Wildman–Crippen LogP) is 4.01. The van der Waals surface area contributed by atoms with Crippen molar-refractivity contribution in [1.29, 1.82) is 0 Å². The Bertz CT molecular complexity index is 704. The molecule has 2 N–H and O–H groups in total. The number of carbonyl (C=O) groups excluding carboxylic acids is 1. The monoisotopic (exact) mass is 442 g/mol. The lowest BCUT2D eigenvalue weighted by atomic mass is 10.2. The average molecular weight is 443 g/mol. The summed E-state index contributed by atoms with van der Waals surface area (Å²) >= 11 is 6.24. The van der Waals surface area contributed by atoms with E-state index in [1.165, 1.54) is 23.1 Å². The summed E-state index contributed by atoms with van der Waals surface area (Å²) < 4.78 is 7.32. The first-order valence-corrected chi connectivity index (χ1v) is 10.5. The molecule has 1 aromatic carbocycles. The number of anilines is 2. The van der Waals surface area contributed by atoms with Crippen LogP contribution in [0.5, 0.6) is 0 Å². The van der Waals surface area contributed by atoms with Crippen LogP contribution in [0.2, 0.25) is 0 Å². The van der Waals surface area contributed by atoms with E-state index >= 15 is 0 Å². The average Bonchev–Trinajstić information content (AvgIpc) is 3.26. The van der Waals surface area contributed by atoms with Gasteiger partial charge in [-0.25, -0.2) is 0 Å². The van der Waals surface area contributed by atoms with Crippen molar-refractivity contribution in [2.24, 2.45) is 0 Å². The minimum absolute atomic E-state index is 0.0589. The molecule has 2 unspecified atom stereocenters. The molecule has 1 aliphatic heterocycles. The minimum atomic E-state index is -0.261. The van der Waals surface area contributed by atoms with Crippen LogP contribution in [0.4, 0.5) is 10.8 Å². The number of rotatable bonds is 7. The van der Waals surface area contributed by atoms with Crippen LogP contribution in [0.1, 0.15) is 19.8 Å². The van der Waals surface area contributed by atoms with Crippen LogP contribution in [0.3, 0.4) is 0 Å². The van der Waals surface area contributed by atoms with Gasteiger partial charge in [-0.05, 0) is 44.0 Å². The lowest BCUT2D eigenvalue weighted by Crippen LogP contribution is -2.22. The molecule has 1 aromatic heterocycles. The maximum atomic E-state index is 12.3. The summed E-state index contributed by atoms with van der Waals surface area (Å²) in [4.78, 5) is 12.3. The van der Waals surface area contributed by atoms with Gasteiger partial charge in [0.1, 0.15) is 0 Å². The lowest BCUT2D eigenvalue weighted by molar-refractivity contribution is -0.115. The van der Waals surface area contributed by atoms with E-state index in [9.17, 15) is 4.79 Å². The van der Waals surface area contributed by atoms with Gasteiger partial charge in [-0.2, -0.15) is 0 Å². The molecule has 0 radical (unpaired) electrons. The number of ether oxygens (including phenoxy) is 1. The summed E-state index contributed by atoms with van der Waals surface area (Å²) in [5.74, 6) is -0.0589. The SMILES string of the molecule is CC(Sc1nnc(NCC2CCCO2)s1)C(=O)Nc1ccc(Br)cc1. The Labute approximate surface area is 163 Å². The summed E-state index contributed by atoms with van der Waals surface area (Å²) in [6, 6.07) is 7.50. The van der Waals surface area contributed by atoms with E-state index in [0.717, 1.165) is 45.6 Å². The van der Waals surface area contributed by atoms with E-state index in [1.807, 2.05) is 31.2 Å². The quantitative estimate of drug-likeness (QED) is 0.630. The Morgan fingerprint density at radius 1 is 1.44 bits per heavy atom. The Balaban J connectivity index is 1.47. The molecule has 0 saturated carbocycles. The third-order valence-corrected chi connectivity index (χ3v) is 6.26. The number of nitrogens with zero attached hydrogens (tertiary/aromatic N) is 2. The van der Waals surface area contributed by atoms with Crippen molar-refractivity contribution in [2.75, 3.05) is 23.8 Å². The molecule has 2 atom stereocenters. The number of nitrogens with one attached hydrogen (secondary N) is 2. The first-order chi connectivity index (χ1) is 12.1. The zero-order valence-corrected chi connectivity index (χ0v) is 16.9. The van der Waals surface area contributed by atoms with Crippen LogP contribution in [-0.2, 0) is 9.53 Å². The van der Waals surface area contributed by atoms with Gasteiger partial charge in [0, 0.05) is 23.3 Å². The number of hydrogen-bond donors (Lipinski definition) is 2. The fourth-order valence-electron chi connectivity index (χ4n) is 2.32. The van der Waals surface area contributed by atoms with Crippen molar-refractivity contribution in [3.05, 3.63) is 28.7 Å². The van der Waals surface area contributed by atoms with Crippen LogP contribution in [0.25, 0.3) is 0 Å². The standard InChI is InChI=1S/C16H19BrN4O2S2/c1-10(14(22)19-12-6-4-11(17)5-7-12)24-16-21-20-15(25-16)18-9-13-3-2-8-23-13/h4-7,10,13H,2-3,8-9H2,1H3,(H,18,20)(H,19,22). The topological polar surface area (TPSA) is 76.1 Å². The van der Waals surface area contributed by atoms with Crippen molar-refractivity contribution in [1.82, 2.24) is 10.2 Å². The summed E-state index contributed by atoms with van der Waals surface area (Å²) in [7, 11) is 0. The van der Waals surface area contributed by atoms with E-state index in [4.69, 9.17) is 4.74 Å². The molecule has 0 bridgehead atoms. The zero-order chi connectivity index (χ0) is 17.6. The number of amides is 1. The van der Waals surface area contributed by atoms with Crippen molar-refractivity contribution in [2.45, 2.75) is 35.5 Å². The fourth-order valence-corrected chi connectivity index (χ4v) is 4.48. The Morgan fingerprint density at radius 3 is 2.96 bits per heavy atom. The van der Waals surface area contributed by atoms with Gasteiger partial charge in [0.25, 0.3) is 0 Å². The van der Waals surface area contributed by atoms with Crippen molar-refractivity contribution in [3.8, 4) is 0 Å². The minimum Gasteiger partial charge on any atom is -0.376 e. The first kappa shape index (κ1) is 18.6. The number of thioether (sulfide) groups is 1. The smallest absolute Gasteiger partial charge is 0.237 e. The van der Waals surface area contributed by atoms with Gasteiger partial charge in [-0.1, -0.05) is 39.0 Å². The molecule has 0 spiro atoms. The second-order valence-corrected chi connectivity index (χ2v) is 9.13. The molecule has 2 heterocycles. The normalized spacial score (nSPS) is 18.1. The first-order valence-electron chi connectivity index (χ1n) is 8.02. The number of carbonyl (C=O) groups is 1. The van der Waals surface area contributed by atoms with E-state index in [0.29, 0.717) is 0 Å². The molecule has 1 fully saturated rings. The van der Waals surface area contributed by atoms with Crippen LogP contribution >= 0.6 is 39.0 Å². The van der Waals surface area contributed by atoms with Crippen LogP contribution < -0.4 is 10.6 Å². The van der Waals surface area contributed by atoms with Crippen molar-refractivity contribution < 1.29 is 9.53 Å². The molecular weight excluding hydrogens is 424 g/mol.